The lowest BCUT2D eigenvalue weighted by Gasteiger charge is -2.29. The Kier molecular flexibility index (Phi) is 6.03. The van der Waals surface area contributed by atoms with Crippen LogP contribution >= 0.6 is 0 Å². The van der Waals surface area contributed by atoms with Gasteiger partial charge >= 0.3 is 0 Å². The van der Waals surface area contributed by atoms with Crippen LogP contribution in [0, 0.1) is 25.7 Å². The Morgan fingerprint density at radius 1 is 1.04 bits per heavy atom. The molecular weight excluding hydrogens is 316 g/mol. The quantitative estimate of drug-likeness (QED) is 0.693. The van der Waals surface area contributed by atoms with Gasteiger partial charge in [0.15, 0.2) is 0 Å². The molecule has 1 aliphatic rings. The summed E-state index contributed by atoms with van der Waals surface area (Å²) in [4.78, 5) is 2.74. The molecule has 3 unspecified atom stereocenters. The molecule has 3 rings (SSSR count). The molecule has 2 aromatic rings. The van der Waals surface area contributed by atoms with Crippen molar-refractivity contribution in [1.82, 2.24) is 4.90 Å². The van der Waals surface area contributed by atoms with Crippen LogP contribution in [-0.4, -0.2) is 18.0 Å². The SMILES string of the molecule is CCC1CN(C(CC)c2cc(C)ccc2C)CC1Cc1cccc(N)c1. The van der Waals surface area contributed by atoms with Crippen LogP contribution in [0.3, 0.4) is 0 Å². The summed E-state index contributed by atoms with van der Waals surface area (Å²) in [5.41, 5.74) is 12.6. The number of benzene rings is 2. The average Bonchev–Trinajstić information content (AvgIpc) is 3.01. The summed E-state index contributed by atoms with van der Waals surface area (Å²) in [6, 6.07) is 15.9. The first-order chi connectivity index (χ1) is 12.5. The largest absolute Gasteiger partial charge is 0.399 e. The van der Waals surface area contributed by atoms with E-state index in [1.165, 1.54) is 48.2 Å². The first-order valence-corrected chi connectivity index (χ1v) is 10.2. The van der Waals surface area contributed by atoms with Crippen LogP contribution in [0.15, 0.2) is 42.5 Å². The van der Waals surface area contributed by atoms with E-state index in [2.05, 4.69) is 69.0 Å². The second-order valence-electron chi connectivity index (χ2n) is 8.12. The summed E-state index contributed by atoms with van der Waals surface area (Å²) in [7, 11) is 0. The van der Waals surface area contributed by atoms with Crippen molar-refractivity contribution >= 4 is 5.69 Å². The van der Waals surface area contributed by atoms with Crippen molar-refractivity contribution in [2.75, 3.05) is 18.8 Å². The molecule has 0 aliphatic carbocycles. The van der Waals surface area contributed by atoms with E-state index in [0.29, 0.717) is 6.04 Å². The fourth-order valence-electron chi connectivity index (χ4n) is 4.74. The highest BCUT2D eigenvalue weighted by Crippen LogP contribution is 2.37. The molecule has 0 aromatic heterocycles. The van der Waals surface area contributed by atoms with E-state index in [1.54, 1.807) is 0 Å². The van der Waals surface area contributed by atoms with Gasteiger partial charge in [-0.15, -0.1) is 0 Å². The van der Waals surface area contributed by atoms with Crippen LogP contribution in [0.25, 0.3) is 0 Å². The van der Waals surface area contributed by atoms with Crippen molar-refractivity contribution in [2.45, 2.75) is 53.0 Å². The molecule has 0 bridgehead atoms. The van der Waals surface area contributed by atoms with Gasteiger partial charge in [0.05, 0.1) is 0 Å². The summed E-state index contributed by atoms with van der Waals surface area (Å²) < 4.78 is 0. The Balaban J connectivity index is 1.79. The van der Waals surface area contributed by atoms with Crippen LogP contribution in [0.2, 0.25) is 0 Å². The van der Waals surface area contributed by atoms with Crippen molar-refractivity contribution in [3.63, 3.8) is 0 Å². The average molecular weight is 351 g/mol. The van der Waals surface area contributed by atoms with E-state index >= 15 is 0 Å². The smallest absolute Gasteiger partial charge is 0.0348 e. The molecule has 1 fully saturated rings. The molecule has 0 radical (unpaired) electrons. The number of hydrogen-bond donors (Lipinski definition) is 1. The van der Waals surface area contributed by atoms with Gasteiger partial charge in [0.1, 0.15) is 0 Å². The third-order valence-electron chi connectivity index (χ3n) is 6.20. The van der Waals surface area contributed by atoms with Gasteiger partial charge in [-0.25, -0.2) is 0 Å². The normalized spacial score (nSPS) is 21.8. The molecule has 1 aliphatic heterocycles. The highest BCUT2D eigenvalue weighted by molar-refractivity contribution is 5.40. The number of nitrogens with two attached hydrogens (primary N) is 1. The Labute approximate surface area is 159 Å². The van der Waals surface area contributed by atoms with E-state index in [4.69, 9.17) is 5.73 Å². The van der Waals surface area contributed by atoms with E-state index in [9.17, 15) is 0 Å². The summed E-state index contributed by atoms with van der Waals surface area (Å²) >= 11 is 0. The van der Waals surface area contributed by atoms with Gasteiger partial charge in [-0.2, -0.15) is 0 Å². The van der Waals surface area contributed by atoms with Gasteiger partial charge in [-0.3, -0.25) is 4.90 Å². The number of nitrogens with zero attached hydrogens (tertiary/aromatic N) is 1. The van der Waals surface area contributed by atoms with Crippen LogP contribution in [-0.2, 0) is 6.42 Å². The molecule has 1 heterocycles. The maximum absolute atomic E-state index is 5.99. The van der Waals surface area contributed by atoms with Gasteiger partial charge in [0, 0.05) is 24.8 Å². The lowest BCUT2D eigenvalue weighted by Crippen LogP contribution is -2.27. The zero-order valence-electron chi connectivity index (χ0n) is 16.8. The van der Waals surface area contributed by atoms with E-state index in [0.717, 1.165) is 23.9 Å². The minimum absolute atomic E-state index is 0.537. The van der Waals surface area contributed by atoms with Gasteiger partial charge in [0.25, 0.3) is 0 Å². The molecule has 140 valence electrons. The van der Waals surface area contributed by atoms with Crippen LogP contribution in [0.5, 0.6) is 0 Å². The molecule has 26 heavy (non-hydrogen) atoms. The second-order valence-corrected chi connectivity index (χ2v) is 8.12. The van der Waals surface area contributed by atoms with E-state index in [-0.39, 0.29) is 0 Å². The molecule has 2 N–H and O–H groups in total. The predicted molar refractivity (Wildman–Crippen MR) is 112 cm³/mol. The number of nitrogen functional groups attached to an aromatic ring is 1. The second kappa shape index (κ2) is 8.26. The zero-order chi connectivity index (χ0) is 18.7. The lowest BCUT2D eigenvalue weighted by atomic mass is 9.88. The molecule has 2 aromatic carbocycles. The first kappa shape index (κ1) is 19.0. The zero-order valence-corrected chi connectivity index (χ0v) is 16.8. The van der Waals surface area contributed by atoms with Crippen LogP contribution in [0.4, 0.5) is 5.69 Å². The van der Waals surface area contributed by atoms with Crippen LogP contribution in [0.1, 0.15) is 55.0 Å². The lowest BCUT2D eigenvalue weighted by molar-refractivity contribution is 0.225. The van der Waals surface area contributed by atoms with Crippen molar-refractivity contribution in [3.05, 3.63) is 64.7 Å². The number of rotatable bonds is 6. The van der Waals surface area contributed by atoms with Crippen molar-refractivity contribution in [3.8, 4) is 0 Å². The first-order valence-electron chi connectivity index (χ1n) is 10.2. The number of anilines is 1. The van der Waals surface area contributed by atoms with Gasteiger partial charge in [0.2, 0.25) is 0 Å². The highest BCUT2D eigenvalue weighted by atomic mass is 15.2. The van der Waals surface area contributed by atoms with E-state index in [1.807, 2.05) is 6.07 Å². The molecule has 0 saturated carbocycles. The predicted octanol–water partition coefficient (Wildman–Crippen LogP) is 5.54. The van der Waals surface area contributed by atoms with Crippen LogP contribution < -0.4 is 5.73 Å². The molecular formula is C24H34N2. The molecule has 2 heteroatoms. The maximum atomic E-state index is 5.99. The van der Waals surface area contributed by atoms with Gasteiger partial charge in [-0.05, 0) is 67.3 Å². The van der Waals surface area contributed by atoms with E-state index < -0.39 is 0 Å². The number of hydrogen-bond acceptors (Lipinski definition) is 2. The Bertz CT molecular complexity index is 737. The molecule has 2 nitrogen and oxygen atoms in total. The number of likely N-dealkylation sites (tertiary alicyclic amines) is 1. The standard InChI is InChI=1S/C24H34N2/c1-5-20-15-26(16-21(20)13-19-8-7-9-22(25)14-19)24(6-2)23-12-17(3)10-11-18(23)4/h7-12,14,20-21,24H,5-6,13,15-16,25H2,1-4H3. The van der Waals surface area contributed by atoms with Crippen molar-refractivity contribution in [1.29, 1.82) is 0 Å². The summed E-state index contributed by atoms with van der Waals surface area (Å²) in [6.07, 6.45) is 3.57. The summed E-state index contributed by atoms with van der Waals surface area (Å²) in [6.45, 7) is 11.6. The third kappa shape index (κ3) is 4.12. The summed E-state index contributed by atoms with van der Waals surface area (Å²) in [5, 5.41) is 0. The number of aryl methyl sites for hydroxylation is 2. The van der Waals surface area contributed by atoms with Crippen molar-refractivity contribution in [2.24, 2.45) is 11.8 Å². The fourth-order valence-corrected chi connectivity index (χ4v) is 4.74. The topological polar surface area (TPSA) is 29.3 Å². The Hall–Kier alpha value is -1.80. The van der Waals surface area contributed by atoms with Gasteiger partial charge in [-0.1, -0.05) is 56.2 Å². The molecule has 1 saturated heterocycles. The molecule has 3 atom stereocenters. The monoisotopic (exact) mass is 350 g/mol. The fraction of sp³-hybridized carbons (Fsp3) is 0.500. The maximum Gasteiger partial charge on any atom is 0.0348 e. The minimum Gasteiger partial charge on any atom is -0.399 e. The minimum atomic E-state index is 0.537. The third-order valence-corrected chi connectivity index (χ3v) is 6.20. The molecule has 0 amide bonds. The van der Waals surface area contributed by atoms with Gasteiger partial charge < -0.3 is 5.73 Å². The molecule has 0 spiro atoms. The highest BCUT2D eigenvalue weighted by Gasteiger charge is 2.35. The van der Waals surface area contributed by atoms with Crippen molar-refractivity contribution < 1.29 is 0 Å². The Morgan fingerprint density at radius 2 is 1.81 bits per heavy atom. The summed E-state index contributed by atoms with van der Waals surface area (Å²) in [5.74, 6) is 1.50. The Morgan fingerprint density at radius 3 is 2.50 bits per heavy atom.